The summed E-state index contributed by atoms with van der Waals surface area (Å²) in [4.78, 5) is 13.4. The number of hydrogen-bond acceptors (Lipinski definition) is 3. The highest BCUT2D eigenvalue weighted by molar-refractivity contribution is 5.71. The van der Waals surface area contributed by atoms with Gasteiger partial charge in [-0.15, -0.1) is 0 Å². The summed E-state index contributed by atoms with van der Waals surface area (Å²) in [6, 6.07) is 9.11. The average Bonchev–Trinajstić information content (AvgIpc) is 2.53. The molecule has 0 saturated carbocycles. The second-order valence-electron chi connectivity index (χ2n) is 4.26. The minimum Gasteiger partial charge on any atom is -0.498 e. The van der Waals surface area contributed by atoms with Crippen LogP contribution in [0.25, 0.3) is 0 Å². The van der Waals surface area contributed by atoms with Crippen molar-refractivity contribution in [2.45, 2.75) is 13.0 Å². The van der Waals surface area contributed by atoms with Gasteiger partial charge in [-0.2, -0.15) is 0 Å². The van der Waals surface area contributed by atoms with E-state index in [4.69, 9.17) is 9.47 Å². The quantitative estimate of drug-likeness (QED) is 0.783. The molecule has 1 unspecified atom stereocenters. The smallest absolute Gasteiger partial charge is 0.415 e. The average molecular weight is 283 g/mol. The number of carbonyl (C=O) groups excluding carboxylic acids is 1. The van der Waals surface area contributed by atoms with Crippen LogP contribution in [0.15, 0.2) is 54.4 Å². The molecule has 1 amide bonds. The third-order valence-electron chi connectivity index (χ3n) is 2.90. The molecule has 4 nitrogen and oxygen atoms in total. The number of hydrogen-bond donors (Lipinski definition) is 0. The molecular formula is C17H17NO3. The second kappa shape index (κ2) is 7.20. The molecule has 1 aliphatic rings. The second-order valence-corrected chi connectivity index (χ2v) is 4.26. The first-order valence-electron chi connectivity index (χ1n) is 6.70. The van der Waals surface area contributed by atoms with Gasteiger partial charge in [0.1, 0.15) is 5.76 Å². The van der Waals surface area contributed by atoms with Crippen LogP contribution in [0.5, 0.6) is 0 Å². The Hall–Kier alpha value is -2.67. The van der Waals surface area contributed by atoms with E-state index in [0.717, 1.165) is 5.56 Å². The van der Waals surface area contributed by atoms with E-state index in [1.165, 1.54) is 4.90 Å². The number of allylic oxidation sites excluding steroid dienone is 2. The Morgan fingerprint density at radius 3 is 2.76 bits per heavy atom. The van der Waals surface area contributed by atoms with Gasteiger partial charge in [0.05, 0.1) is 13.7 Å². The van der Waals surface area contributed by atoms with Gasteiger partial charge in [-0.05, 0) is 31.2 Å². The lowest BCUT2D eigenvalue weighted by Gasteiger charge is -2.27. The third-order valence-corrected chi connectivity index (χ3v) is 2.90. The van der Waals surface area contributed by atoms with Crippen LogP contribution in [0.2, 0.25) is 0 Å². The van der Waals surface area contributed by atoms with E-state index in [9.17, 15) is 4.79 Å². The topological polar surface area (TPSA) is 38.8 Å². The van der Waals surface area contributed by atoms with Gasteiger partial charge in [-0.25, -0.2) is 4.79 Å². The minimum absolute atomic E-state index is 0.314. The first-order chi connectivity index (χ1) is 10.3. The van der Waals surface area contributed by atoms with Crippen molar-refractivity contribution in [3.8, 4) is 11.8 Å². The van der Waals surface area contributed by atoms with Gasteiger partial charge >= 0.3 is 6.09 Å². The van der Waals surface area contributed by atoms with E-state index < -0.39 is 12.1 Å². The molecular weight excluding hydrogens is 266 g/mol. The fraction of sp³-hybridized carbons (Fsp3) is 0.235. The molecule has 2 rings (SSSR count). The summed E-state index contributed by atoms with van der Waals surface area (Å²) >= 11 is 0. The maximum absolute atomic E-state index is 12.0. The van der Waals surface area contributed by atoms with E-state index >= 15 is 0 Å². The minimum atomic E-state index is -0.487. The largest absolute Gasteiger partial charge is 0.498 e. The molecule has 0 fully saturated rings. The Morgan fingerprint density at radius 2 is 2.10 bits per heavy atom. The molecule has 1 atom stereocenters. The van der Waals surface area contributed by atoms with E-state index in [2.05, 4.69) is 11.8 Å². The number of carbonyl (C=O) groups is 1. The molecule has 1 aromatic carbocycles. The Balaban J connectivity index is 2.26. The van der Waals surface area contributed by atoms with Crippen LogP contribution in [-0.2, 0) is 9.47 Å². The zero-order valence-electron chi connectivity index (χ0n) is 12.1. The van der Waals surface area contributed by atoms with Gasteiger partial charge in [-0.1, -0.05) is 30.0 Å². The molecule has 1 aliphatic heterocycles. The van der Waals surface area contributed by atoms with Crippen LogP contribution in [-0.4, -0.2) is 30.8 Å². The lowest BCUT2D eigenvalue weighted by Crippen LogP contribution is -2.38. The van der Waals surface area contributed by atoms with Gasteiger partial charge in [0, 0.05) is 11.8 Å². The van der Waals surface area contributed by atoms with Crippen molar-refractivity contribution in [1.82, 2.24) is 4.90 Å². The molecule has 21 heavy (non-hydrogen) atoms. The highest BCUT2D eigenvalue weighted by Gasteiger charge is 2.27. The zero-order valence-corrected chi connectivity index (χ0v) is 12.1. The van der Waals surface area contributed by atoms with Gasteiger partial charge in [-0.3, -0.25) is 4.90 Å². The molecule has 0 N–H and O–H groups in total. The molecule has 0 bridgehead atoms. The number of methoxy groups -OCH3 is 1. The first-order valence-corrected chi connectivity index (χ1v) is 6.70. The summed E-state index contributed by atoms with van der Waals surface area (Å²) < 4.78 is 10.4. The van der Waals surface area contributed by atoms with Crippen molar-refractivity contribution >= 4 is 6.09 Å². The van der Waals surface area contributed by atoms with Gasteiger partial charge < -0.3 is 9.47 Å². The van der Waals surface area contributed by atoms with Gasteiger partial charge in [0.15, 0.2) is 6.04 Å². The zero-order chi connectivity index (χ0) is 15.1. The summed E-state index contributed by atoms with van der Waals surface area (Å²) in [5.74, 6) is 6.72. The maximum atomic E-state index is 12.0. The van der Waals surface area contributed by atoms with Crippen molar-refractivity contribution in [2.75, 3.05) is 13.7 Å². The monoisotopic (exact) mass is 283 g/mol. The van der Waals surface area contributed by atoms with Crippen LogP contribution >= 0.6 is 0 Å². The van der Waals surface area contributed by atoms with E-state index in [-0.39, 0.29) is 0 Å². The van der Waals surface area contributed by atoms with Crippen LogP contribution in [0.4, 0.5) is 4.79 Å². The summed E-state index contributed by atoms with van der Waals surface area (Å²) in [7, 11) is 1.56. The number of ether oxygens (including phenoxy) is 2. The predicted molar refractivity (Wildman–Crippen MR) is 80.2 cm³/mol. The van der Waals surface area contributed by atoms with Gasteiger partial charge in [0.2, 0.25) is 0 Å². The van der Waals surface area contributed by atoms with Crippen molar-refractivity contribution in [2.24, 2.45) is 0 Å². The van der Waals surface area contributed by atoms with Crippen molar-refractivity contribution in [1.29, 1.82) is 0 Å². The Kier molecular flexibility index (Phi) is 5.05. The normalized spacial score (nSPS) is 16.6. The summed E-state index contributed by atoms with van der Waals surface area (Å²) in [5.41, 5.74) is 0.881. The Morgan fingerprint density at radius 1 is 1.33 bits per heavy atom. The molecule has 1 aromatic rings. The Labute approximate surface area is 124 Å². The SMILES string of the molecule is CCOC(=O)N1C=CC=C(OC)C1C#Cc1ccccc1. The summed E-state index contributed by atoms with van der Waals surface area (Å²) in [6.07, 6.45) is 4.73. The molecule has 0 aromatic heterocycles. The molecule has 108 valence electrons. The lowest BCUT2D eigenvalue weighted by molar-refractivity contribution is 0.110. The molecule has 0 saturated heterocycles. The van der Waals surface area contributed by atoms with E-state index in [1.807, 2.05) is 30.3 Å². The van der Waals surface area contributed by atoms with Crippen molar-refractivity contribution in [3.05, 3.63) is 60.0 Å². The third kappa shape index (κ3) is 3.67. The van der Waals surface area contributed by atoms with E-state index in [0.29, 0.717) is 12.4 Å². The predicted octanol–water partition coefficient (Wildman–Crippen LogP) is 2.92. The van der Waals surface area contributed by atoms with Crippen LogP contribution in [0, 0.1) is 11.8 Å². The summed E-state index contributed by atoms with van der Waals surface area (Å²) in [6.45, 7) is 2.08. The van der Waals surface area contributed by atoms with Gasteiger partial charge in [0.25, 0.3) is 0 Å². The number of amides is 1. The molecule has 4 heteroatoms. The van der Waals surface area contributed by atoms with Crippen molar-refractivity contribution in [3.63, 3.8) is 0 Å². The van der Waals surface area contributed by atoms with Crippen molar-refractivity contribution < 1.29 is 14.3 Å². The number of nitrogens with zero attached hydrogens (tertiary/aromatic N) is 1. The molecule has 1 heterocycles. The van der Waals surface area contributed by atoms with Crippen LogP contribution in [0.1, 0.15) is 12.5 Å². The highest BCUT2D eigenvalue weighted by Crippen LogP contribution is 2.18. The Bertz CT molecular complexity index is 608. The molecule has 0 aliphatic carbocycles. The number of benzene rings is 1. The molecule has 0 spiro atoms. The highest BCUT2D eigenvalue weighted by atomic mass is 16.6. The number of rotatable bonds is 2. The van der Waals surface area contributed by atoms with E-state index in [1.54, 1.807) is 32.4 Å². The lowest BCUT2D eigenvalue weighted by atomic mass is 10.1. The first kappa shape index (κ1) is 14.7. The fourth-order valence-corrected chi connectivity index (χ4v) is 1.90. The van der Waals surface area contributed by atoms with Crippen LogP contribution in [0.3, 0.4) is 0 Å². The van der Waals surface area contributed by atoms with Crippen LogP contribution < -0.4 is 0 Å². The molecule has 0 radical (unpaired) electrons. The standard InChI is InChI=1S/C17H17NO3/c1-3-21-17(19)18-13-7-10-16(20-2)15(18)12-11-14-8-5-4-6-9-14/h4-10,13,15H,3H2,1-2H3. The summed E-state index contributed by atoms with van der Waals surface area (Å²) in [5, 5.41) is 0. The fourth-order valence-electron chi connectivity index (χ4n) is 1.90. The maximum Gasteiger partial charge on any atom is 0.415 e.